The van der Waals surface area contributed by atoms with E-state index in [9.17, 15) is 4.79 Å². The summed E-state index contributed by atoms with van der Waals surface area (Å²) < 4.78 is 5.74. The Morgan fingerprint density at radius 1 is 1.40 bits per heavy atom. The Kier molecular flexibility index (Phi) is 5.86. The number of rotatable bonds is 6. The second kappa shape index (κ2) is 7.65. The second-order valence-corrected chi connectivity index (χ2v) is 5.78. The average Bonchev–Trinajstić information content (AvgIpc) is 2.44. The van der Waals surface area contributed by atoms with E-state index < -0.39 is 5.24 Å². The zero-order chi connectivity index (χ0) is 14.4. The molecule has 110 valence electrons. The summed E-state index contributed by atoms with van der Waals surface area (Å²) in [5.74, 6) is 1.66. The number of nitrogens with one attached hydrogen (secondary N) is 1. The van der Waals surface area contributed by atoms with E-state index in [1.165, 1.54) is 19.3 Å². The van der Waals surface area contributed by atoms with E-state index >= 15 is 0 Å². The molecule has 0 bridgehead atoms. The van der Waals surface area contributed by atoms with Crippen molar-refractivity contribution in [3.05, 3.63) is 29.3 Å². The van der Waals surface area contributed by atoms with Gasteiger partial charge >= 0.3 is 0 Å². The zero-order valence-electron chi connectivity index (χ0n) is 12.0. The van der Waals surface area contributed by atoms with E-state index in [2.05, 4.69) is 5.32 Å². The highest BCUT2D eigenvalue weighted by molar-refractivity contribution is 6.67. The van der Waals surface area contributed by atoms with Crippen molar-refractivity contribution >= 4 is 16.8 Å². The molecule has 1 aliphatic heterocycles. The normalized spacial score (nSPS) is 16.1. The van der Waals surface area contributed by atoms with Crippen molar-refractivity contribution in [1.82, 2.24) is 5.32 Å². The molecular formula is C16H22ClNO2. The van der Waals surface area contributed by atoms with Crippen molar-refractivity contribution in [2.75, 3.05) is 19.7 Å². The minimum absolute atomic E-state index is 0.417. The van der Waals surface area contributed by atoms with Crippen LogP contribution in [0.5, 0.6) is 5.75 Å². The predicted octanol–water partition coefficient (Wildman–Crippen LogP) is 3.53. The van der Waals surface area contributed by atoms with Gasteiger partial charge in [0, 0.05) is 5.56 Å². The third-order valence-corrected chi connectivity index (χ3v) is 4.10. The molecule has 20 heavy (non-hydrogen) atoms. The van der Waals surface area contributed by atoms with Gasteiger partial charge in [-0.2, -0.15) is 0 Å². The summed E-state index contributed by atoms with van der Waals surface area (Å²) in [6.07, 6.45) is 4.89. The number of aryl methyl sites for hydroxylation is 1. The van der Waals surface area contributed by atoms with Crippen LogP contribution < -0.4 is 10.1 Å². The topological polar surface area (TPSA) is 38.3 Å². The summed E-state index contributed by atoms with van der Waals surface area (Å²) in [4.78, 5) is 11.1. The number of carbonyl (C=O) groups is 1. The van der Waals surface area contributed by atoms with Crippen LogP contribution in [0.3, 0.4) is 0 Å². The van der Waals surface area contributed by atoms with Crippen LogP contribution in [-0.4, -0.2) is 24.9 Å². The number of ether oxygens (including phenoxy) is 1. The maximum atomic E-state index is 11.1. The molecule has 2 rings (SSSR count). The molecule has 0 atom stereocenters. The van der Waals surface area contributed by atoms with Crippen LogP contribution in [0.2, 0.25) is 0 Å². The van der Waals surface area contributed by atoms with Gasteiger partial charge in [0.05, 0.1) is 6.61 Å². The van der Waals surface area contributed by atoms with Gasteiger partial charge in [0.2, 0.25) is 0 Å². The molecule has 1 saturated heterocycles. The number of piperidine rings is 1. The molecule has 0 amide bonds. The van der Waals surface area contributed by atoms with Crippen LogP contribution in [0.25, 0.3) is 0 Å². The highest BCUT2D eigenvalue weighted by Gasteiger charge is 2.12. The fourth-order valence-corrected chi connectivity index (χ4v) is 2.89. The molecule has 0 radical (unpaired) electrons. The molecule has 3 nitrogen and oxygen atoms in total. The first-order chi connectivity index (χ1) is 9.66. The van der Waals surface area contributed by atoms with Gasteiger partial charge in [0.25, 0.3) is 5.24 Å². The van der Waals surface area contributed by atoms with Gasteiger partial charge in [0.15, 0.2) is 0 Å². The first-order valence-corrected chi connectivity index (χ1v) is 7.68. The van der Waals surface area contributed by atoms with E-state index in [-0.39, 0.29) is 0 Å². The Bertz CT molecular complexity index is 456. The van der Waals surface area contributed by atoms with Gasteiger partial charge in [-0.1, -0.05) is 0 Å². The molecule has 0 aliphatic carbocycles. The molecule has 0 saturated carbocycles. The molecule has 1 N–H and O–H groups in total. The van der Waals surface area contributed by atoms with Crippen LogP contribution in [-0.2, 0) is 0 Å². The van der Waals surface area contributed by atoms with Gasteiger partial charge in [-0.15, -0.1) is 0 Å². The highest BCUT2D eigenvalue weighted by atomic mass is 35.5. The quantitative estimate of drug-likeness (QED) is 0.644. The minimum atomic E-state index is -0.417. The lowest BCUT2D eigenvalue weighted by molar-refractivity contribution is 0.108. The Balaban J connectivity index is 1.73. The van der Waals surface area contributed by atoms with Gasteiger partial charge in [-0.3, -0.25) is 4.79 Å². The Morgan fingerprint density at radius 2 is 2.15 bits per heavy atom. The Hall–Kier alpha value is -1.06. The molecule has 1 aromatic carbocycles. The molecule has 0 unspecified atom stereocenters. The first kappa shape index (κ1) is 15.3. The van der Waals surface area contributed by atoms with Gasteiger partial charge in [0.1, 0.15) is 5.75 Å². The molecule has 0 spiro atoms. The molecular weight excluding hydrogens is 274 g/mol. The SMILES string of the molecule is Cc1cc(OCCCC2CCNCC2)ccc1C(=O)Cl. The van der Waals surface area contributed by atoms with E-state index in [0.29, 0.717) is 5.56 Å². The maximum Gasteiger partial charge on any atom is 0.252 e. The summed E-state index contributed by atoms with van der Waals surface area (Å²) in [6.45, 7) is 4.91. The second-order valence-electron chi connectivity index (χ2n) is 5.43. The lowest BCUT2D eigenvalue weighted by atomic mass is 9.93. The zero-order valence-corrected chi connectivity index (χ0v) is 12.7. The lowest BCUT2D eigenvalue weighted by Gasteiger charge is -2.22. The van der Waals surface area contributed by atoms with Crippen LogP contribution in [0.4, 0.5) is 0 Å². The van der Waals surface area contributed by atoms with Crippen LogP contribution in [0.1, 0.15) is 41.6 Å². The van der Waals surface area contributed by atoms with Gasteiger partial charge in [-0.25, -0.2) is 0 Å². The number of hydrogen-bond acceptors (Lipinski definition) is 3. The van der Waals surface area contributed by atoms with E-state index in [1.807, 2.05) is 19.1 Å². The summed E-state index contributed by atoms with van der Waals surface area (Å²) in [7, 11) is 0. The monoisotopic (exact) mass is 295 g/mol. The maximum absolute atomic E-state index is 11.1. The molecule has 1 aliphatic rings. The predicted molar refractivity (Wildman–Crippen MR) is 81.7 cm³/mol. The number of hydrogen-bond donors (Lipinski definition) is 1. The minimum Gasteiger partial charge on any atom is -0.494 e. The van der Waals surface area contributed by atoms with Crippen molar-refractivity contribution in [1.29, 1.82) is 0 Å². The van der Waals surface area contributed by atoms with Crippen molar-refractivity contribution in [3.8, 4) is 5.75 Å². The van der Waals surface area contributed by atoms with Crippen LogP contribution in [0.15, 0.2) is 18.2 Å². The number of benzene rings is 1. The average molecular weight is 296 g/mol. The highest BCUT2D eigenvalue weighted by Crippen LogP contribution is 2.21. The molecule has 1 aromatic rings. The van der Waals surface area contributed by atoms with Crippen LogP contribution in [0, 0.1) is 12.8 Å². The van der Waals surface area contributed by atoms with E-state index in [1.54, 1.807) is 6.07 Å². The fraction of sp³-hybridized carbons (Fsp3) is 0.562. The molecule has 0 aromatic heterocycles. The smallest absolute Gasteiger partial charge is 0.252 e. The van der Waals surface area contributed by atoms with Crippen molar-refractivity contribution in [3.63, 3.8) is 0 Å². The summed E-state index contributed by atoms with van der Waals surface area (Å²) in [5.41, 5.74) is 1.41. The number of halogens is 1. The van der Waals surface area contributed by atoms with E-state index in [4.69, 9.17) is 16.3 Å². The largest absolute Gasteiger partial charge is 0.494 e. The fourth-order valence-electron chi connectivity index (χ4n) is 2.68. The molecule has 4 heteroatoms. The Labute approximate surface area is 125 Å². The number of carbonyl (C=O) groups excluding carboxylic acids is 1. The van der Waals surface area contributed by atoms with Gasteiger partial charge in [-0.05, 0) is 87.0 Å². The third kappa shape index (κ3) is 4.50. The standard InChI is InChI=1S/C16H22ClNO2/c1-12-11-14(4-5-15(12)16(17)19)20-10-2-3-13-6-8-18-9-7-13/h4-5,11,13,18H,2-3,6-10H2,1H3. The van der Waals surface area contributed by atoms with Crippen molar-refractivity contribution < 1.29 is 9.53 Å². The summed E-state index contributed by atoms with van der Waals surface area (Å²) in [5, 5.41) is 2.97. The first-order valence-electron chi connectivity index (χ1n) is 7.31. The van der Waals surface area contributed by atoms with Crippen molar-refractivity contribution in [2.45, 2.75) is 32.6 Å². The lowest BCUT2D eigenvalue weighted by Crippen LogP contribution is -2.27. The third-order valence-electron chi connectivity index (χ3n) is 3.89. The van der Waals surface area contributed by atoms with Crippen LogP contribution >= 0.6 is 11.6 Å². The van der Waals surface area contributed by atoms with E-state index in [0.717, 1.165) is 43.3 Å². The Morgan fingerprint density at radius 3 is 2.80 bits per heavy atom. The van der Waals surface area contributed by atoms with Crippen molar-refractivity contribution in [2.24, 2.45) is 5.92 Å². The van der Waals surface area contributed by atoms with Gasteiger partial charge < -0.3 is 10.1 Å². The molecule has 1 fully saturated rings. The summed E-state index contributed by atoms with van der Waals surface area (Å²) >= 11 is 5.49. The summed E-state index contributed by atoms with van der Waals surface area (Å²) in [6, 6.07) is 5.42. The molecule has 1 heterocycles.